The number of hydrogen-bond acceptors (Lipinski definition) is 5. The van der Waals surface area contributed by atoms with Crippen LogP contribution in [0, 0.1) is 0 Å². The molecule has 0 radical (unpaired) electrons. The lowest BCUT2D eigenvalue weighted by molar-refractivity contribution is -0.190. The van der Waals surface area contributed by atoms with E-state index in [0.717, 1.165) is 24.7 Å². The maximum absolute atomic E-state index is 15.6. The number of ether oxygens (including phenoxy) is 1. The lowest BCUT2D eigenvalue weighted by Gasteiger charge is -2.35. The highest BCUT2D eigenvalue weighted by atomic mass is 19.4. The van der Waals surface area contributed by atoms with Crippen molar-refractivity contribution in [2.75, 3.05) is 19.6 Å². The van der Waals surface area contributed by atoms with Crippen LogP contribution in [0.1, 0.15) is 60.8 Å². The summed E-state index contributed by atoms with van der Waals surface area (Å²) in [7, 11) is 1.54. The first-order valence-electron chi connectivity index (χ1n) is 13.0. The molecule has 38 heavy (non-hydrogen) atoms. The van der Waals surface area contributed by atoms with Crippen LogP contribution in [0.2, 0.25) is 0 Å². The van der Waals surface area contributed by atoms with Gasteiger partial charge in [0.1, 0.15) is 11.4 Å². The van der Waals surface area contributed by atoms with Crippen molar-refractivity contribution in [3.05, 3.63) is 57.6 Å². The van der Waals surface area contributed by atoms with E-state index in [-0.39, 0.29) is 29.1 Å². The third kappa shape index (κ3) is 6.92. The molecule has 1 aliphatic heterocycles. The van der Waals surface area contributed by atoms with Crippen molar-refractivity contribution in [1.29, 1.82) is 0 Å². The van der Waals surface area contributed by atoms with Crippen molar-refractivity contribution in [2.45, 2.75) is 75.9 Å². The molecule has 3 heterocycles. The molecule has 1 atom stereocenters. The molecule has 208 valence electrons. The molecule has 1 saturated carbocycles. The highest BCUT2D eigenvalue weighted by molar-refractivity contribution is 5.92. The van der Waals surface area contributed by atoms with Gasteiger partial charge in [0.2, 0.25) is 5.88 Å². The lowest BCUT2D eigenvalue weighted by atomic mass is 9.81. The van der Waals surface area contributed by atoms with Crippen molar-refractivity contribution in [3.63, 3.8) is 0 Å². The Morgan fingerprint density at radius 1 is 1.18 bits per heavy atom. The summed E-state index contributed by atoms with van der Waals surface area (Å²) in [5.74, 6) is -0.371. The number of amides is 1. The number of nitrogens with one attached hydrogen (secondary N) is 1. The summed E-state index contributed by atoms with van der Waals surface area (Å²) < 4.78 is 60.3. The summed E-state index contributed by atoms with van der Waals surface area (Å²) in [5.41, 5.74) is 0.400. The average molecular weight is 539 g/mol. The van der Waals surface area contributed by atoms with Gasteiger partial charge in [-0.3, -0.25) is 9.59 Å². The Balaban J connectivity index is 1.24. The Kier molecular flexibility index (Phi) is 8.44. The molecule has 11 heteroatoms. The molecule has 0 bridgehead atoms. The smallest absolute Gasteiger partial charge is 0.425 e. The quantitative estimate of drug-likeness (QED) is 0.540. The zero-order valence-electron chi connectivity index (χ0n) is 21.7. The number of hydrogen-bond donors (Lipinski definition) is 1. The largest absolute Gasteiger partial charge is 0.465 e. The molecular weight excluding hydrogens is 504 g/mol. The summed E-state index contributed by atoms with van der Waals surface area (Å²) in [4.78, 5) is 30.9. The van der Waals surface area contributed by atoms with Gasteiger partial charge in [0.25, 0.3) is 11.5 Å². The fourth-order valence-corrected chi connectivity index (χ4v) is 5.09. The number of carbonyl (C=O) groups is 1. The molecule has 1 aliphatic carbocycles. The minimum Gasteiger partial charge on any atom is -0.465 e. The Morgan fingerprint density at radius 3 is 2.61 bits per heavy atom. The second kappa shape index (κ2) is 11.4. The van der Waals surface area contributed by atoms with E-state index in [2.05, 4.69) is 15.2 Å². The van der Waals surface area contributed by atoms with Gasteiger partial charge in [0, 0.05) is 57.0 Å². The SMILES string of the molecule is C[C@@H](Oc1ccc2c(n1)CCN(CC[C@]1(F)CC[C@@H](NC(=O)c3cccc(=O)n3C)CC1)CC2)C(F)(F)F. The fourth-order valence-electron chi connectivity index (χ4n) is 5.09. The predicted octanol–water partition coefficient (Wildman–Crippen LogP) is 3.98. The number of alkyl halides is 4. The fraction of sp³-hybridized carbons (Fsp3) is 0.593. The van der Waals surface area contributed by atoms with Crippen LogP contribution in [0.3, 0.4) is 0 Å². The molecule has 2 aliphatic rings. The molecule has 0 unspecified atom stereocenters. The Labute approximate surface area is 219 Å². The van der Waals surface area contributed by atoms with E-state index >= 15 is 4.39 Å². The van der Waals surface area contributed by atoms with E-state index in [0.29, 0.717) is 58.0 Å². The maximum atomic E-state index is 15.6. The van der Waals surface area contributed by atoms with Gasteiger partial charge in [0.05, 0.1) is 0 Å². The van der Waals surface area contributed by atoms with Crippen molar-refractivity contribution >= 4 is 5.91 Å². The van der Waals surface area contributed by atoms with Crippen LogP contribution in [0.25, 0.3) is 0 Å². The summed E-state index contributed by atoms with van der Waals surface area (Å²) >= 11 is 0. The van der Waals surface area contributed by atoms with Crippen LogP contribution < -0.4 is 15.6 Å². The molecule has 0 saturated heterocycles. The van der Waals surface area contributed by atoms with E-state index in [1.807, 2.05) is 0 Å². The van der Waals surface area contributed by atoms with E-state index in [4.69, 9.17) is 4.74 Å². The number of aromatic nitrogens is 2. The summed E-state index contributed by atoms with van der Waals surface area (Å²) in [5, 5.41) is 2.93. The van der Waals surface area contributed by atoms with Gasteiger partial charge in [0.15, 0.2) is 6.10 Å². The topological polar surface area (TPSA) is 76.5 Å². The Morgan fingerprint density at radius 2 is 1.89 bits per heavy atom. The van der Waals surface area contributed by atoms with Gasteiger partial charge in [-0.05, 0) is 57.1 Å². The molecule has 7 nitrogen and oxygen atoms in total. The third-order valence-electron chi connectivity index (χ3n) is 7.67. The van der Waals surface area contributed by atoms with Gasteiger partial charge >= 0.3 is 6.18 Å². The first kappa shape index (κ1) is 28.1. The van der Waals surface area contributed by atoms with E-state index in [9.17, 15) is 22.8 Å². The normalized spacial score (nSPS) is 23.3. The first-order chi connectivity index (χ1) is 17.9. The number of carbonyl (C=O) groups excluding carboxylic acids is 1. The molecule has 1 N–H and O–H groups in total. The summed E-state index contributed by atoms with van der Waals surface area (Å²) in [6.45, 7) is 2.89. The van der Waals surface area contributed by atoms with Crippen LogP contribution in [-0.4, -0.2) is 64.0 Å². The molecule has 1 amide bonds. The summed E-state index contributed by atoms with van der Waals surface area (Å²) in [6, 6.07) is 7.62. The van der Waals surface area contributed by atoms with Gasteiger partial charge in [-0.15, -0.1) is 0 Å². The number of halogens is 4. The highest BCUT2D eigenvalue weighted by Gasteiger charge is 2.39. The number of nitrogens with zero attached hydrogens (tertiary/aromatic N) is 3. The molecule has 0 aromatic carbocycles. The minimum absolute atomic E-state index is 0.0388. The lowest BCUT2D eigenvalue weighted by Crippen LogP contribution is -2.44. The highest BCUT2D eigenvalue weighted by Crippen LogP contribution is 2.35. The minimum atomic E-state index is -4.46. The molecule has 2 aromatic rings. The van der Waals surface area contributed by atoms with Gasteiger partial charge < -0.3 is 19.5 Å². The van der Waals surface area contributed by atoms with Crippen LogP contribution in [0.4, 0.5) is 17.6 Å². The molecule has 1 fully saturated rings. The van der Waals surface area contributed by atoms with Gasteiger partial charge in [-0.1, -0.05) is 12.1 Å². The summed E-state index contributed by atoms with van der Waals surface area (Å²) in [6.07, 6.45) is -3.03. The van der Waals surface area contributed by atoms with Gasteiger partial charge in [-0.25, -0.2) is 9.37 Å². The Hall–Kier alpha value is -2.95. The van der Waals surface area contributed by atoms with Crippen molar-refractivity contribution < 1.29 is 27.1 Å². The van der Waals surface area contributed by atoms with E-state index in [1.54, 1.807) is 25.2 Å². The van der Waals surface area contributed by atoms with Gasteiger partial charge in [-0.2, -0.15) is 13.2 Å². The number of pyridine rings is 2. The zero-order chi connectivity index (χ0) is 27.5. The maximum Gasteiger partial charge on any atom is 0.425 e. The number of fused-ring (bicyclic) bond motifs is 1. The second-order valence-electron chi connectivity index (χ2n) is 10.4. The van der Waals surface area contributed by atoms with Crippen LogP contribution in [0.5, 0.6) is 5.88 Å². The van der Waals surface area contributed by atoms with Crippen molar-refractivity contribution in [2.24, 2.45) is 7.05 Å². The average Bonchev–Trinajstić information content (AvgIpc) is 3.07. The van der Waals surface area contributed by atoms with Crippen LogP contribution in [-0.2, 0) is 19.9 Å². The first-order valence-corrected chi connectivity index (χ1v) is 13.0. The monoisotopic (exact) mass is 538 g/mol. The Bertz CT molecular complexity index is 1190. The van der Waals surface area contributed by atoms with Crippen LogP contribution in [0.15, 0.2) is 35.1 Å². The zero-order valence-corrected chi connectivity index (χ0v) is 21.7. The van der Waals surface area contributed by atoms with Crippen molar-refractivity contribution in [1.82, 2.24) is 19.8 Å². The predicted molar refractivity (Wildman–Crippen MR) is 134 cm³/mol. The third-order valence-corrected chi connectivity index (χ3v) is 7.67. The van der Waals surface area contributed by atoms with E-state index in [1.165, 1.54) is 16.7 Å². The molecule has 0 spiro atoms. The van der Waals surface area contributed by atoms with Crippen LogP contribution >= 0.6 is 0 Å². The van der Waals surface area contributed by atoms with E-state index < -0.39 is 17.9 Å². The molecular formula is C27H34F4N4O3. The molecule has 2 aromatic heterocycles. The van der Waals surface area contributed by atoms with Crippen molar-refractivity contribution in [3.8, 4) is 5.88 Å². The molecule has 4 rings (SSSR count). The number of rotatable bonds is 7. The standard InChI is InChI=1S/C27H34F4N4O3/c1-18(27(29,30)31)38-23-7-6-19-10-15-35(16-11-21(19)33-23)17-14-26(28)12-8-20(9-13-26)32-25(37)22-4-3-5-24(36)34(22)2/h3-7,18,20H,8-17H2,1-2H3,(H,32,37)/t18-,20-,26+/m1/s1. The second-order valence-corrected chi connectivity index (χ2v) is 10.4.